The highest BCUT2D eigenvalue weighted by atomic mass is 32.2. The van der Waals surface area contributed by atoms with Gasteiger partial charge in [0.05, 0.1) is 6.20 Å². The Morgan fingerprint density at radius 2 is 2.35 bits per heavy atom. The Morgan fingerprint density at radius 1 is 1.65 bits per heavy atom. The number of carboxylic acid groups (broad SMARTS) is 1. The number of aromatic amines is 1. The fourth-order valence-electron chi connectivity index (χ4n) is 1.70. The summed E-state index contributed by atoms with van der Waals surface area (Å²) in [4.78, 5) is 10.9. The van der Waals surface area contributed by atoms with Gasteiger partial charge in [0.1, 0.15) is 5.54 Å². The second-order valence-electron chi connectivity index (χ2n) is 3.97. The number of aliphatic carboxylic acids is 1. The summed E-state index contributed by atoms with van der Waals surface area (Å²) in [6.07, 6.45) is 1.41. The summed E-state index contributed by atoms with van der Waals surface area (Å²) in [5.74, 6) is -1.19. The van der Waals surface area contributed by atoms with Crippen molar-refractivity contribution in [3.8, 4) is 0 Å². The third-order valence-electron chi connectivity index (χ3n) is 2.78. The van der Waals surface area contributed by atoms with Crippen molar-refractivity contribution < 1.29 is 18.3 Å². The summed E-state index contributed by atoms with van der Waals surface area (Å²) in [7, 11) is -3.73. The van der Waals surface area contributed by atoms with E-state index in [9.17, 15) is 13.2 Å². The molecule has 0 aliphatic carbocycles. The molecule has 1 aliphatic rings. The summed E-state index contributed by atoms with van der Waals surface area (Å²) >= 11 is 0. The van der Waals surface area contributed by atoms with E-state index in [4.69, 9.17) is 10.8 Å². The van der Waals surface area contributed by atoms with Gasteiger partial charge in [-0.05, 0) is 12.5 Å². The van der Waals surface area contributed by atoms with Gasteiger partial charge in [0.25, 0.3) is 10.0 Å². The molecular weight excluding hydrogens is 248 g/mol. The number of sulfonamides is 1. The third kappa shape index (κ3) is 1.92. The minimum atomic E-state index is -3.73. The molecule has 0 bridgehead atoms. The fourth-order valence-corrected chi connectivity index (χ4v) is 3.11. The Labute approximate surface area is 97.5 Å². The van der Waals surface area contributed by atoms with E-state index in [0.717, 1.165) is 4.31 Å². The number of hydrogen-bond acceptors (Lipinski definition) is 5. The van der Waals surface area contributed by atoms with Crippen molar-refractivity contribution in [2.45, 2.75) is 17.0 Å². The van der Waals surface area contributed by atoms with Crippen LogP contribution in [0.3, 0.4) is 0 Å². The Hall–Kier alpha value is -1.45. The molecule has 1 aromatic heterocycles. The number of nitrogens with one attached hydrogen (secondary N) is 1. The molecule has 2 rings (SSSR count). The highest BCUT2D eigenvalue weighted by Gasteiger charge is 2.45. The molecule has 1 unspecified atom stereocenters. The van der Waals surface area contributed by atoms with Gasteiger partial charge in [-0.3, -0.25) is 9.89 Å². The monoisotopic (exact) mass is 260 g/mol. The molecule has 1 saturated heterocycles. The number of hydrogen-bond donors (Lipinski definition) is 3. The lowest BCUT2D eigenvalue weighted by atomic mass is 10.0. The molecule has 17 heavy (non-hydrogen) atoms. The van der Waals surface area contributed by atoms with Crippen LogP contribution in [0.15, 0.2) is 17.3 Å². The summed E-state index contributed by atoms with van der Waals surface area (Å²) in [6.45, 7) is -0.145. The maximum absolute atomic E-state index is 12.0. The van der Waals surface area contributed by atoms with E-state index < -0.39 is 21.5 Å². The summed E-state index contributed by atoms with van der Waals surface area (Å²) < 4.78 is 25.1. The first-order valence-electron chi connectivity index (χ1n) is 4.88. The van der Waals surface area contributed by atoms with Crippen LogP contribution in [0.2, 0.25) is 0 Å². The molecule has 94 valence electrons. The Balaban J connectivity index is 2.25. The van der Waals surface area contributed by atoms with Crippen molar-refractivity contribution in [3.63, 3.8) is 0 Å². The standard InChI is InChI=1S/C8H12N4O4S/c9-8(7(13)14)2-4-12(5-8)17(15,16)6-1-3-10-11-6/h1,3H,2,4-5,9H2,(H,10,11)(H,13,14). The molecular formula is C8H12N4O4S. The molecule has 1 aromatic rings. The SMILES string of the molecule is NC1(C(=O)O)CCN(S(=O)(=O)c2ccn[nH]2)C1. The van der Waals surface area contributed by atoms with Crippen LogP contribution in [0.25, 0.3) is 0 Å². The molecule has 2 heterocycles. The van der Waals surface area contributed by atoms with E-state index in [1.54, 1.807) is 0 Å². The molecule has 4 N–H and O–H groups in total. The predicted octanol–water partition coefficient (Wildman–Crippen LogP) is -1.41. The molecule has 1 atom stereocenters. The van der Waals surface area contributed by atoms with Crippen molar-refractivity contribution in [2.75, 3.05) is 13.1 Å². The van der Waals surface area contributed by atoms with Crippen molar-refractivity contribution in [2.24, 2.45) is 5.73 Å². The van der Waals surface area contributed by atoms with Gasteiger partial charge in [-0.15, -0.1) is 0 Å². The zero-order valence-electron chi connectivity index (χ0n) is 8.83. The Morgan fingerprint density at radius 3 is 2.82 bits per heavy atom. The second-order valence-corrected chi connectivity index (χ2v) is 5.88. The average Bonchev–Trinajstić information content (AvgIpc) is 2.86. The van der Waals surface area contributed by atoms with Gasteiger partial charge in [-0.1, -0.05) is 0 Å². The quantitative estimate of drug-likeness (QED) is 0.612. The first-order chi connectivity index (χ1) is 7.86. The zero-order valence-corrected chi connectivity index (χ0v) is 9.64. The predicted molar refractivity (Wildman–Crippen MR) is 56.5 cm³/mol. The summed E-state index contributed by atoms with van der Waals surface area (Å²) in [6, 6.07) is 1.31. The molecule has 1 aliphatic heterocycles. The normalized spacial score (nSPS) is 26.2. The van der Waals surface area contributed by atoms with Crippen LogP contribution in [0.4, 0.5) is 0 Å². The van der Waals surface area contributed by atoms with Crippen molar-refractivity contribution >= 4 is 16.0 Å². The number of aromatic nitrogens is 2. The van der Waals surface area contributed by atoms with Crippen LogP contribution < -0.4 is 5.73 Å². The fraction of sp³-hybridized carbons (Fsp3) is 0.500. The first kappa shape index (κ1) is 12.0. The largest absolute Gasteiger partial charge is 0.480 e. The average molecular weight is 260 g/mol. The van der Waals surface area contributed by atoms with Gasteiger partial charge >= 0.3 is 5.97 Å². The molecule has 0 saturated carbocycles. The van der Waals surface area contributed by atoms with Gasteiger partial charge in [0.15, 0.2) is 5.03 Å². The summed E-state index contributed by atoms with van der Waals surface area (Å²) in [5.41, 5.74) is 4.10. The molecule has 9 heteroatoms. The second kappa shape index (κ2) is 3.79. The number of rotatable bonds is 3. The van der Waals surface area contributed by atoms with Crippen LogP contribution in [-0.4, -0.2) is 52.6 Å². The number of carboxylic acids is 1. The Bertz CT molecular complexity index is 526. The van der Waals surface area contributed by atoms with E-state index in [1.807, 2.05) is 0 Å². The lowest BCUT2D eigenvalue weighted by Gasteiger charge is -2.19. The highest BCUT2D eigenvalue weighted by molar-refractivity contribution is 7.89. The minimum Gasteiger partial charge on any atom is -0.480 e. The molecule has 0 radical (unpaired) electrons. The smallest absolute Gasteiger partial charge is 0.325 e. The minimum absolute atomic E-state index is 0.0628. The van der Waals surface area contributed by atoms with Gasteiger partial charge in [-0.2, -0.15) is 9.40 Å². The zero-order chi connectivity index (χ0) is 12.7. The number of nitrogens with zero attached hydrogens (tertiary/aromatic N) is 2. The van der Waals surface area contributed by atoms with E-state index >= 15 is 0 Å². The first-order valence-corrected chi connectivity index (χ1v) is 6.32. The van der Waals surface area contributed by atoms with Crippen LogP contribution in [-0.2, 0) is 14.8 Å². The molecule has 1 fully saturated rings. The van der Waals surface area contributed by atoms with Crippen molar-refractivity contribution in [1.82, 2.24) is 14.5 Å². The summed E-state index contributed by atoms with van der Waals surface area (Å²) in [5, 5.41) is 14.8. The van der Waals surface area contributed by atoms with Gasteiger partial charge < -0.3 is 10.8 Å². The number of carbonyl (C=O) groups is 1. The van der Waals surface area contributed by atoms with Gasteiger partial charge in [-0.25, -0.2) is 8.42 Å². The molecule has 0 aromatic carbocycles. The van der Waals surface area contributed by atoms with Crippen LogP contribution in [0, 0.1) is 0 Å². The van der Waals surface area contributed by atoms with E-state index in [-0.39, 0.29) is 24.5 Å². The molecule has 8 nitrogen and oxygen atoms in total. The van der Waals surface area contributed by atoms with Crippen LogP contribution in [0.5, 0.6) is 0 Å². The van der Waals surface area contributed by atoms with Crippen LogP contribution in [0.1, 0.15) is 6.42 Å². The maximum atomic E-state index is 12.0. The highest BCUT2D eigenvalue weighted by Crippen LogP contribution is 2.24. The van der Waals surface area contributed by atoms with E-state index in [2.05, 4.69) is 10.2 Å². The number of nitrogens with two attached hydrogens (primary N) is 1. The van der Waals surface area contributed by atoms with E-state index in [1.165, 1.54) is 12.3 Å². The van der Waals surface area contributed by atoms with Crippen molar-refractivity contribution in [1.29, 1.82) is 0 Å². The number of H-pyrrole nitrogens is 1. The van der Waals surface area contributed by atoms with Gasteiger partial charge in [0, 0.05) is 13.1 Å². The lowest BCUT2D eigenvalue weighted by Crippen LogP contribution is -2.50. The topological polar surface area (TPSA) is 129 Å². The Kier molecular flexibility index (Phi) is 2.68. The molecule has 0 spiro atoms. The van der Waals surface area contributed by atoms with Gasteiger partial charge in [0.2, 0.25) is 0 Å². The third-order valence-corrected chi connectivity index (χ3v) is 4.56. The van der Waals surface area contributed by atoms with Crippen molar-refractivity contribution in [3.05, 3.63) is 12.3 Å². The molecule has 0 amide bonds. The van der Waals surface area contributed by atoms with E-state index in [0.29, 0.717) is 0 Å². The maximum Gasteiger partial charge on any atom is 0.325 e. The van der Waals surface area contributed by atoms with Crippen LogP contribution >= 0.6 is 0 Å². The lowest BCUT2D eigenvalue weighted by molar-refractivity contribution is -0.142.